The predicted octanol–water partition coefficient (Wildman–Crippen LogP) is 2.17. The van der Waals surface area contributed by atoms with Gasteiger partial charge in [0.1, 0.15) is 6.33 Å². The molecule has 0 saturated heterocycles. The van der Waals surface area contributed by atoms with Gasteiger partial charge in [0.05, 0.1) is 25.1 Å². The molecule has 0 fully saturated rings. The molecule has 1 amide bonds. The molecule has 0 radical (unpaired) electrons. The molecular formula is C18H22N4O3. The number of fused-ring (bicyclic) bond motifs is 1. The first-order valence-corrected chi connectivity index (χ1v) is 8.21. The Bertz CT molecular complexity index is 807. The molecule has 132 valence electrons. The number of methoxy groups -OCH3 is 1. The summed E-state index contributed by atoms with van der Waals surface area (Å²) in [5.41, 5.74) is 1.56. The van der Waals surface area contributed by atoms with E-state index in [-0.39, 0.29) is 35.7 Å². The summed E-state index contributed by atoms with van der Waals surface area (Å²) in [6.45, 7) is 5.96. The quantitative estimate of drug-likeness (QED) is 0.799. The first kappa shape index (κ1) is 17.1. The zero-order valence-corrected chi connectivity index (χ0v) is 14.9. The zero-order valence-electron chi connectivity index (χ0n) is 14.9. The third kappa shape index (κ3) is 3.26. The Morgan fingerprint density at radius 2 is 2.00 bits per heavy atom. The Morgan fingerprint density at radius 1 is 1.28 bits per heavy atom. The Morgan fingerprint density at radius 3 is 2.64 bits per heavy atom. The average Bonchev–Trinajstić information content (AvgIpc) is 3.18. The number of benzene rings is 1. The summed E-state index contributed by atoms with van der Waals surface area (Å²) in [5, 5.41) is 4.33. The van der Waals surface area contributed by atoms with Gasteiger partial charge in [0, 0.05) is 5.69 Å². The highest BCUT2D eigenvalue weighted by atomic mass is 16.5. The molecule has 25 heavy (non-hydrogen) atoms. The minimum Gasteiger partial charge on any atom is -0.469 e. The SMILES string of the molecule is COC(=O)CC1Cc2ccccc2N1C(=O)c1ncn(C(C)(C)C)n1. The Labute approximate surface area is 146 Å². The van der Waals surface area contributed by atoms with Gasteiger partial charge in [-0.25, -0.2) is 9.67 Å². The average molecular weight is 342 g/mol. The van der Waals surface area contributed by atoms with Crippen LogP contribution in [0.3, 0.4) is 0 Å². The van der Waals surface area contributed by atoms with E-state index in [0.717, 1.165) is 11.3 Å². The number of hydrogen-bond donors (Lipinski definition) is 0. The van der Waals surface area contributed by atoms with Crippen LogP contribution in [0.5, 0.6) is 0 Å². The lowest BCUT2D eigenvalue weighted by Crippen LogP contribution is -2.40. The van der Waals surface area contributed by atoms with E-state index in [4.69, 9.17) is 4.74 Å². The van der Waals surface area contributed by atoms with Crippen molar-refractivity contribution in [3.05, 3.63) is 42.0 Å². The second-order valence-electron chi connectivity index (χ2n) is 7.13. The molecule has 0 aliphatic carbocycles. The minimum absolute atomic E-state index is 0.126. The number of nitrogens with zero attached hydrogens (tertiary/aromatic N) is 4. The topological polar surface area (TPSA) is 77.3 Å². The number of carbonyl (C=O) groups excluding carboxylic acids is 2. The van der Waals surface area contributed by atoms with Crippen LogP contribution in [0.15, 0.2) is 30.6 Å². The zero-order chi connectivity index (χ0) is 18.2. The molecule has 1 aliphatic heterocycles. The van der Waals surface area contributed by atoms with E-state index in [0.29, 0.717) is 6.42 Å². The van der Waals surface area contributed by atoms with E-state index in [1.165, 1.54) is 7.11 Å². The number of esters is 1. The molecule has 7 heteroatoms. The molecule has 0 saturated carbocycles. The van der Waals surface area contributed by atoms with Crippen LogP contribution in [0.2, 0.25) is 0 Å². The number of hydrogen-bond acceptors (Lipinski definition) is 5. The third-order valence-electron chi connectivity index (χ3n) is 4.29. The van der Waals surface area contributed by atoms with Crippen LogP contribution < -0.4 is 4.90 Å². The molecule has 2 heterocycles. The minimum atomic E-state index is -0.344. The molecular weight excluding hydrogens is 320 g/mol. The fourth-order valence-corrected chi connectivity index (χ4v) is 2.97. The smallest absolute Gasteiger partial charge is 0.307 e. The summed E-state index contributed by atoms with van der Waals surface area (Å²) in [4.78, 5) is 30.6. The lowest BCUT2D eigenvalue weighted by atomic mass is 10.1. The Kier molecular flexibility index (Phi) is 4.32. The summed E-state index contributed by atoms with van der Waals surface area (Å²) in [5.74, 6) is -0.521. The maximum absolute atomic E-state index is 13.1. The maximum atomic E-state index is 13.1. The van der Waals surface area contributed by atoms with Crippen LogP contribution in [0.1, 0.15) is 43.4 Å². The van der Waals surface area contributed by atoms with Gasteiger partial charge in [0.25, 0.3) is 5.91 Å². The van der Waals surface area contributed by atoms with Crippen LogP contribution >= 0.6 is 0 Å². The number of amides is 1. The van der Waals surface area contributed by atoms with Crippen molar-refractivity contribution in [3.8, 4) is 0 Å². The van der Waals surface area contributed by atoms with Crippen molar-refractivity contribution in [3.63, 3.8) is 0 Å². The van der Waals surface area contributed by atoms with Crippen molar-refractivity contribution in [2.75, 3.05) is 12.0 Å². The molecule has 1 atom stereocenters. The van der Waals surface area contributed by atoms with E-state index < -0.39 is 0 Å². The second-order valence-corrected chi connectivity index (χ2v) is 7.13. The molecule has 1 aromatic heterocycles. The predicted molar refractivity (Wildman–Crippen MR) is 92.4 cm³/mol. The van der Waals surface area contributed by atoms with E-state index in [2.05, 4.69) is 10.1 Å². The van der Waals surface area contributed by atoms with Crippen LogP contribution in [-0.4, -0.2) is 39.8 Å². The van der Waals surface area contributed by atoms with Gasteiger partial charge in [-0.1, -0.05) is 18.2 Å². The molecule has 1 aliphatic rings. The van der Waals surface area contributed by atoms with Gasteiger partial charge in [-0.05, 0) is 38.8 Å². The largest absolute Gasteiger partial charge is 0.469 e. The first-order valence-electron chi connectivity index (χ1n) is 8.21. The van der Waals surface area contributed by atoms with Gasteiger partial charge < -0.3 is 9.64 Å². The summed E-state index contributed by atoms with van der Waals surface area (Å²) in [6.07, 6.45) is 2.30. The van der Waals surface area contributed by atoms with E-state index >= 15 is 0 Å². The van der Waals surface area contributed by atoms with Gasteiger partial charge >= 0.3 is 5.97 Å². The normalized spacial score (nSPS) is 16.6. The molecule has 0 N–H and O–H groups in total. The molecule has 1 aromatic carbocycles. The third-order valence-corrected chi connectivity index (χ3v) is 4.29. The number of para-hydroxylation sites is 1. The highest BCUT2D eigenvalue weighted by molar-refractivity contribution is 6.05. The van der Waals surface area contributed by atoms with Crippen molar-refractivity contribution >= 4 is 17.6 Å². The fraction of sp³-hybridized carbons (Fsp3) is 0.444. The molecule has 0 spiro atoms. The first-order chi connectivity index (χ1) is 11.8. The number of aromatic nitrogens is 3. The van der Waals surface area contributed by atoms with Gasteiger partial charge in [-0.2, -0.15) is 0 Å². The number of ether oxygens (including phenoxy) is 1. The van der Waals surface area contributed by atoms with Crippen LogP contribution in [0.25, 0.3) is 0 Å². The molecule has 0 bridgehead atoms. The fourth-order valence-electron chi connectivity index (χ4n) is 2.97. The maximum Gasteiger partial charge on any atom is 0.307 e. The Hall–Kier alpha value is -2.70. The summed E-state index contributed by atoms with van der Waals surface area (Å²) in [7, 11) is 1.35. The summed E-state index contributed by atoms with van der Waals surface area (Å²) < 4.78 is 6.45. The lowest BCUT2D eigenvalue weighted by molar-refractivity contribution is -0.140. The van der Waals surface area contributed by atoms with E-state index in [1.54, 1.807) is 15.9 Å². The highest BCUT2D eigenvalue weighted by Crippen LogP contribution is 2.34. The van der Waals surface area contributed by atoms with Gasteiger partial charge in [0.15, 0.2) is 0 Å². The molecule has 3 rings (SSSR count). The monoisotopic (exact) mass is 342 g/mol. The summed E-state index contributed by atoms with van der Waals surface area (Å²) >= 11 is 0. The highest BCUT2D eigenvalue weighted by Gasteiger charge is 2.37. The van der Waals surface area contributed by atoms with Crippen molar-refractivity contribution in [2.24, 2.45) is 0 Å². The van der Waals surface area contributed by atoms with Gasteiger partial charge in [-0.3, -0.25) is 9.59 Å². The summed E-state index contributed by atoms with van der Waals surface area (Å²) in [6, 6.07) is 7.35. The van der Waals surface area contributed by atoms with Crippen LogP contribution in [0.4, 0.5) is 5.69 Å². The van der Waals surface area contributed by atoms with Crippen LogP contribution in [-0.2, 0) is 21.5 Å². The van der Waals surface area contributed by atoms with Crippen molar-refractivity contribution < 1.29 is 14.3 Å². The second kappa shape index (κ2) is 6.31. The lowest BCUT2D eigenvalue weighted by Gasteiger charge is -2.23. The van der Waals surface area contributed by atoms with Crippen molar-refractivity contribution in [2.45, 2.75) is 45.2 Å². The number of anilines is 1. The number of carbonyl (C=O) groups is 2. The van der Waals surface area contributed by atoms with E-state index in [1.807, 2.05) is 45.0 Å². The number of rotatable bonds is 3. The standard InChI is InChI=1S/C18H22N4O3/c1-18(2,3)21-11-19-16(20-21)17(24)22-13(10-15(23)25-4)9-12-7-5-6-8-14(12)22/h5-8,11,13H,9-10H2,1-4H3. The Balaban J connectivity index is 1.94. The van der Waals surface area contributed by atoms with Gasteiger partial charge in [0.2, 0.25) is 5.82 Å². The molecule has 7 nitrogen and oxygen atoms in total. The van der Waals surface area contributed by atoms with Crippen LogP contribution in [0, 0.1) is 0 Å². The molecule has 2 aromatic rings. The molecule has 1 unspecified atom stereocenters. The van der Waals surface area contributed by atoms with Gasteiger partial charge in [-0.15, -0.1) is 5.10 Å². The van der Waals surface area contributed by atoms with Crippen molar-refractivity contribution in [1.29, 1.82) is 0 Å². The van der Waals surface area contributed by atoms with E-state index in [9.17, 15) is 9.59 Å². The van der Waals surface area contributed by atoms with Crippen molar-refractivity contribution in [1.82, 2.24) is 14.8 Å².